The number of ketones is 1. The van der Waals surface area contributed by atoms with E-state index in [1.165, 1.54) is 0 Å². The molecule has 0 saturated heterocycles. The Morgan fingerprint density at radius 2 is 1.83 bits per heavy atom. The van der Waals surface area contributed by atoms with Crippen molar-refractivity contribution in [3.8, 4) is 23.0 Å². The molecule has 2 aromatic carbocycles. The third-order valence-electron chi connectivity index (χ3n) is 4.73. The fourth-order valence-corrected chi connectivity index (χ4v) is 3.22. The Bertz CT molecular complexity index is 933. The summed E-state index contributed by atoms with van der Waals surface area (Å²) >= 11 is 0. The fraction of sp³-hybridized carbons (Fsp3) is 0.348. The van der Waals surface area contributed by atoms with Crippen molar-refractivity contribution in [1.29, 1.82) is 0 Å². The largest absolute Gasteiger partial charge is 0.496 e. The molecule has 0 aromatic heterocycles. The molecule has 0 N–H and O–H groups in total. The predicted octanol–water partition coefficient (Wildman–Crippen LogP) is 4.56. The van der Waals surface area contributed by atoms with Crippen LogP contribution >= 0.6 is 0 Å². The van der Waals surface area contributed by atoms with Crippen LogP contribution in [0.2, 0.25) is 0 Å². The third-order valence-corrected chi connectivity index (χ3v) is 4.73. The van der Waals surface area contributed by atoms with Crippen molar-refractivity contribution < 1.29 is 23.7 Å². The number of carbonyl (C=O) groups is 1. The van der Waals surface area contributed by atoms with Crippen LogP contribution < -0.4 is 23.8 Å². The minimum atomic E-state index is -0.0293. The van der Waals surface area contributed by atoms with E-state index in [0.717, 1.165) is 17.0 Å². The van der Waals surface area contributed by atoms with E-state index in [1.807, 2.05) is 57.1 Å². The van der Waals surface area contributed by atoms with Crippen LogP contribution in [-0.2, 0) is 0 Å². The SMILES string of the molecule is CCOc1ccc(C(=O)/C(=C/c2cc3c(cc2OC)OCO3)CC)cc1N(C)C. The molecule has 0 fully saturated rings. The number of Topliss-reactive ketones (excluding diaryl/α,β-unsaturated/α-hetero) is 1. The van der Waals surface area contributed by atoms with E-state index in [0.29, 0.717) is 41.4 Å². The zero-order chi connectivity index (χ0) is 21.0. The van der Waals surface area contributed by atoms with Crippen LogP contribution in [0.25, 0.3) is 6.08 Å². The van der Waals surface area contributed by atoms with Gasteiger partial charge in [0.15, 0.2) is 17.3 Å². The smallest absolute Gasteiger partial charge is 0.231 e. The van der Waals surface area contributed by atoms with Crippen molar-refractivity contribution in [3.63, 3.8) is 0 Å². The summed E-state index contributed by atoms with van der Waals surface area (Å²) in [4.78, 5) is 15.2. The molecule has 1 aliphatic heterocycles. The number of hydrogen-bond donors (Lipinski definition) is 0. The number of anilines is 1. The molecule has 0 unspecified atom stereocenters. The fourth-order valence-electron chi connectivity index (χ4n) is 3.22. The monoisotopic (exact) mass is 397 g/mol. The highest BCUT2D eigenvalue weighted by Gasteiger charge is 2.19. The minimum Gasteiger partial charge on any atom is -0.496 e. The first-order chi connectivity index (χ1) is 14.0. The number of fused-ring (bicyclic) bond motifs is 1. The molecule has 6 heteroatoms. The van der Waals surface area contributed by atoms with Gasteiger partial charge in [-0.15, -0.1) is 0 Å². The second-order valence-electron chi connectivity index (χ2n) is 6.81. The first-order valence-electron chi connectivity index (χ1n) is 9.65. The van der Waals surface area contributed by atoms with Crippen LogP contribution in [0.4, 0.5) is 5.69 Å². The molecule has 0 saturated carbocycles. The average Bonchev–Trinajstić information content (AvgIpc) is 3.18. The number of ether oxygens (including phenoxy) is 4. The number of methoxy groups -OCH3 is 1. The lowest BCUT2D eigenvalue weighted by Gasteiger charge is -2.18. The molecular formula is C23H27NO5. The molecular weight excluding hydrogens is 370 g/mol. The molecule has 1 heterocycles. The normalized spacial score (nSPS) is 12.7. The summed E-state index contributed by atoms with van der Waals surface area (Å²) in [5.41, 5.74) is 2.94. The second-order valence-corrected chi connectivity index (χ2v) is 6.81. The first kappa shape index (κ1) is 20.6. The molecule has 3 rings (SSSR count). The van der Waals surface area contributed by atoms with E-state index >= 15 is 0 Å². The molecule has 154 valence electrons. The summed E-state index contributed by atoms with van der Waals surface area (Å²) in [6.45, 7) is 4.66. The van der Waals surface area contributed by atoms with Crippen LogP contribution in [0.1, 0.15) is 36.2 Å². The number of nitrogens with zero attached hydrogens (tertiary/aromatic N) is 1. The van der Waals surface area contributed by atoms with Crippen molar-refractivity contribution in [2.24, 2.45) is 0 Å². The molecule has 29 heavy (non-hydrogen) atoms. The lowest BCUT2D eigenvalue weighted by Crippen LogP contribution is -2.12. The Hall–Kier alpha value is -3.15. The van der Waals surface area contributed by atoms with E-state index in [-0.39, 0.29) is 12.6 Å². The lowest BCUT2D eigenvalue weighted by molar-refractivity contribution is 0.103. The van der Waals surface area contributed by atoms with Gasteiger partial charge in [0, 0.05) is 36.9 Å². The van der Waals surface area contributed by atoms with Gasteiger partial charge in [0.2, 0.25) is 6.79 Å². The maximum Gasteiger partial charge on any atom is 0.231 e. The van der Waals surface area contributed by atoms with Gasteiger partial charge in [-0.05, 0) is 43.7 Å². The number of carbonyl (C=O) groups excluding carboxylic acids is 1. The highest BCUT2D eigenvalue weighted by atomic mass is 16.7. The molecule has 1 aliphatic rings. The molecule has 6 nitrogen and oxygen atoms in total. The first-order valence-corrected chi connectivity index (χ1v) is 9.65. The van der Waals surface area contributed by atoms with E-state index < -0.39 is 0 Å². The van der Waals surface area contributed by atoms with Gasteiger partial charge in [-0.3, -0.25) is 4.79 Å². The van der Waals surface area contributed by atoms with E-state index in [9.17, 15) is 4.79 Å². The van der Waals surface area contributed by atoms with Crippen LogP contribution in [-0.4, -0.2) is 40.4 Å². The maximum atomic E-state index is 13.2. The minimum absolute atomic E-state index is 0.0293. The van der Waals surface area contributed by atoms with Crippen molar-refractivity contribution in [2.45, 2.75) is 20.3 Å². The maximum absolute atomic E-state index is 13.2. The summed E-state index contributed by atoms with van der Waals surface area (Å²) in [6, 6.07) is 9.15. The Kier molecular flexibility index (Phi) is 6.32. The molecule has 0 aliphatic carbocycles. The Morgan fingerprint density at radius 3 is 2.45 bits per heavy atom. The third kappa shape index (κ3) is 4.31. The van der Waals surface area contributed by atoms with Crippen LogP contribution in [0.15, 0.2) is 35.9 Å². The highest BCUT2D eigenvalue weighted by molar-refractivity contribution is 6.12. The van der Waals surface area contributed by atoms with Gasteiger partial charge >= 0.3 is 0 Å². The molecule has 0 atom stereocenters. The Morgan fingerprint density at radius 1 is 1.10 bits per heavy atom. The number of rotatable bonds is 8. The number of allylic oxidation sites excluding steroid dienone is 1. The molecule has 0 bridgehead atoms. The van der Waals surface area contributed by atoms with Gasteiger partial charge in [-0.25, -0.2) is 0 Å². The molecule has 0 spiro atoms. The van der Waals surface area contributed by atoms with Crippen molar-refractivity contribution in [3.05, 3.63) is 47.0 Å². The van der Waals surface area contributed by atoms with Gasteiger partial charge < -0.3 is 23.8 Å². The topological polar surface area (TPSA) is 57.2 Å². The molecule has 0 amide bonds. The van der Waals surface area contributed by atoms with E-state index in [1.54, 1.807) is 19.2 Å². The predicted molar refractivity (Wildman–Crippen MR) is 114 cm³/mol. The quantitative estimate of drug-likeness (QED) is 0.481. The van der Waals surface area contributed by atoms with E-state index in [2.05, 4.69) is 0 Å². The summed E-state index contributed by atoms with van der Waals surface area (Å²) in [6.07, 6.45) is 2.44. The highest BCUT2D eigenvalue weighted by Crippen LogP contribution is 2.39. The summed E-state index contributed by atoms with van der Waals surface area (Å²) < 4.78 is 22.0. The van der Waals surface area contributed by atoms with Crippen molar-refractivity contribution in [1.82, 2.24) is 0 Å². The zero-order valence-corrected chi connectivity index (χ0v) is 17.6. The average molecular weight is 397 g/mol. The summed E-state index contributed by atoms with van der Waals surface area (Å²) in [5.74, 6) is 2.65. The zero-order valence-electron chi connectivity index (χ0n) is 17.6. The summed E-state index contributed by atoms with van der Waals surface area (Å²) in [7, 11) is 5.46. The van der Waals surface area contributed by atoms with Gasteiger partial charge in [0.05, 0.1) is 19.4 Å². The van der Waals surface area contributed by atoms with Crippen molar-refractivity contribution >= 4 is 17.5 Å². The molecule has 0 radical (unpaired) electrons. The standard InChI is InChI=1S/C23H27NO5/c1-6-15(10-17-12-21-22(29-14-28-21)13-20(17)26-5)23(25)16-8-9-19(27-7-2)18(11-16)24(3)4/h8-13H,6-7,14H2,1-5H3/b15-10+. The van der Waals surface area contributed by atoms with Gasteiger partial charge in [0.1, 0.15) is 11.5 Å². The van der Waals surface area contributed by atoms with Crippen molar-refractivity contribution in [2.75, 3.05) is 39.5 Å². The van der Waals surface area contributed by atoms with Gasteiger partial charge in [0.25, 0.3) is 0 Å². The van der Waals surface area contributed by atoms with Crippen LogP contribution in [0.3, 0.4) is 0 Å². The van der Waals surface area contributed by atoms with Crippen LogP contribution in [0, 0.1) is 0 Å². The van der Waals surface area contributed by atoms with Gasteiger partial charge in [-0.2, -0.15) is 0 Å². The van der Waals surface area contributed by atoms with Gasteiger partial charge in [-0.1, -0.05) is 6.92 Å². The van der Waals surface area contributed by atoms with E-state index in [4.69, 9.17) is 18.9 Å². The Labute approximate surface area is 171 Å². The second kappa shape index (κ2) is 8.90. The van der Waals surface area contributed by atoms with Crippen LogP contribution in [0.5, 0.6) is 23.0 Å². The molecule has 2 aromatic rings. The number of benzene rings is 2. The lowest BCUT2D eigenvalue weighted by atomic mass is 9.98. The number of hydrogen-bond acceptors (Lipinski definition) is 6. The summed E-state index contributed by atoms with van der Waals surface area (Å²) in [5, 5.41) is 0. The Balaban J connectivity index is 1.98.